The number of pyridine rings is 1. The highest BCUT2D eigenvalue weighted by molar-refractivity contribution is 9.11. The van der Waals surface area contributed by atoms with Crippen LogP contribution in [0.5, 0.6) is 0 Å². The lowest BCUT2D eigenvalue weighted by Crippen LogP contribution is -2.18. The summed E-state index contributed by atoms with van der Waals surface area (Å²) in [6, 6.07) is 2.12. The van der Waals surface area contributed by atoms with Crippen LogP contribution in [0.1, 0.15) is 10.4 Å². The molecule has 2 aromatic heterocycles. The molecule has 0 saturated heterocycles. The van der Waals surface area contributed by atoms with Gasteiger partial charge in [-0.1, -0.05) is 0 Å². The average Bonchev–Trinajstić information content (AvgIpc) is 2.71. The Morgan fingerprint density at radius 3 is 2.78 bits per heavy atom. The molecule has 18 heavy (non-hydrogen) atoms. The molecule has 0 fully saturated rings. The molecule has 3 nitrogen and oxygen atoms in total. The smallest absolute Gasteiger partial charge is 0.143 e. The SMILES string of the molecule is Cc1c(N)cnc(N(C)Cc2cc(Br)cs2)c1Br. The summed E-state index contributed by atoms with van der Waals surface area (Å²) in [5.74, 6) is 0.909. The van der Waals surface area contributed by atoms with Crippen LogP contribution in [0.15, 0.2) is 26.6 Å². The number of nitrogen functional groups attached to an aromatic ring is 1. The zero-order valence-corrected chi connectivity index (χ0v) is 14.1. The molecule has 0 radical (unpaired) electrons. The first-order valence-corrected chi connectivity index (χ1v) is 7.80. The number of anilines is 2. The van der Waals surface area contributed by atoms with E-state index in [2.05, 4.69) is 53.2 Å². The maximum Gasteiger partial charge on any atom is 0.143 e. The summed E-state index contributed by atoms with van der Waals surface area (Å²) in [4.78, 5) is 7.78. The summed E-state index contributed by atoms with van der Waals surface area (Å²) in [5.41, 5.74) is 7.56. The van der Waals surface area contributed by atoms with E-state index in [0.717, 1.165) is 26.9 Å². The van der Waals surface area contributed by atoms with E-state index in [1.165, 1.54) is 4.88 Å². The van der Waals surface area contributed by atoms with E-state index in [9.17, 15) is 0 Å². The Kier molecular flexibility index (Phi) is 4.29. The third-order valence-electron chi connectivity index (χ3n) is 2.66. The fourth-order valence-electron chi connectivity index (χ4n) is 1.59. The molecule has 0 atom stereocenters. The zero-order valence-electron chi connectivity index (χ0n) is 10.1. The lowest BCUT2D eigenvalue weighted by Gasteiger charge is -2.20. The predicted molar refractivity (Wildman–Crippen MR) is 85.2 cm³/mol. The van der Waals surface area contributed by atoms with Crippen molar-refractivity contribution in [3.8, 4) is 0 Å². The first-order valence-electron chi connectivity index (χ1n) is 5.33. The maximum atomic E-state index is 5.83. The quantitative estimate of drug-likeness (QED) is 0.853. The zero-order chi connectivity index (χ0) is 13.3. The first kappa shape index (κ1) is 13.8. The van der Waals surface area contributed by atoms with Crippen LogP contribution in [0.3, 0.4) is 0 Å². The van der Waals surface area contributed by atoms with E-state index >= 15 is 0 Å². The molecule has 0 aliphatic heterocycles. The molecule has 0 saturated carbocycles. The molecular weight excluding hydrogens is 378 g/mol. The van der Waals surface area contributed by atoms with Crippen LogP contribution in [0.2, 0.25) is 0 Å². The summed E-state index contributed by atoms with van der Waals surface area (Å²) < 4.78 is 2.08. The predicted octanol–water partition coefficient (Wildman–Crippen LogP) is 4.20. The number of hydrogen-bond acceptors (Lipinski definition) is 4. The number of aromatic nitrogens is 1. The Labute approximate surface area is 127 Å². The van der Waals surface area contributed by atoms with Crippen LogP contribution >= 0.6 is 43.2 Å². The van der Waals surface area contributed by atoms with Crippen LogP contribution in [-0.2, 0) is 6.54 Å². The number of thiophene rings is 1. The fraction of sp³-hybridized carbons (Fsp3) is 0.250. The van der Waals surface area contributed by atoms with Gasteiger partial charge < -0.3 is 10.6 Å². The molecule has 96 valence electrons. The van der Waals surface area contributed by atoms with Crippen molar-refractivity contribution in [2.45, 2.75) is 13.5 Å². The van der Waals surface area contributed by atoms with Gasteiger partial charge in [0.2, 0.25) is 0 Å². The largest absolute Gasteiger partial charge is 0.397 e. The molecule has 0 aliphatic carbocycles. The number of halogens is 2. The van der Waals surface area contributed by atoms with Gasteiger partial charge in [0.25, 0.3) is 0 Å². The van der Waals surface area contributed by atoms with Gasteiger partial charge >= 0.3 is 0 Å². The van der Waals surface area contributed by atoms with Gasteiger partial charge in [-0.05, 0) is 50.4 Å². The lowest BCUT2D eigenvalue weighted by atomic mass is 10.2. The Morgan fingerprint density at radius 1 is 1.44 bits per heavy atom. The third kappa shape index (κ3) is 2.87. The van der Waals surface area contributed by atoms with Gasteiger partial charge in [0, 0.05) is 21.8 Å². The number of nitrogens with two attached hydrogens (primary N) is 1. The van der Waals surface area contributed by atoms with Crippen molar-refractivity contribution in [2.75, 3.05) is 17.7 Å². The van der Waals surface area contributed by atoms with Crippen molar-refractivity contribution in [3.05, 3.63) is 37.0 Å². The van der Waals surface area contributed by atoms with E-state index in [0.29, 0.717) is 5.69 Å². The first-order chi connectivity index (χ1) is 8.49. The highest BCUT2D eigenvalue weighted by Crippen LogP contribution is 2.31. The Balaban J connectivity index is 2.24. The van der Waals surface area contributed by atoms with Crippen molar-refractivity contribution in [3.63, 3.8) is 0 Å². The molecule has 0 amide bonds. The second-order valence-electron chi connectivity index (χ2n) is 4.06. The van der Waals surface area contributed by atoms with Crippen molar-refractivity contribution >= 4 is 54.7 Å². The maximum absolute atomic E-state index is 5.83. The molecule has 2 aromatic rings. The minimum Gasteiger partial charge on any atom is -0.397 e. The monoisotopic (exact) mass is 389 g/mol. The van der Waals surface area contributed by atoms with E-state index in [1.54, 1.807) is 17.5 Å². The van der Waals surface area contributed by atoms with Crippen LogP contribution in [0.25, 0.3) is 0 Å². The summed E-state index contributed by atoms with van der Waals surface area (Å²) in [6.07, 6.45) is 1.70. The molecule has 0 aliphatic rings. The summed E-state index contributed by atoms with van der Waals surface area (Å²) >= 11 is 8.75. The molecule has 2 N–H and O–H groups in total. The Hall–Kier alpha value is -0.590. The molecule has 0 unspecified atom stereocenters. The Morgan fingerprint density at radius 2 is 2.17 bits per heavy atom. The molecule has 6 heteroatoms. The molecule has 0 bridgehead atoms. The van der Waals surface area contributed by atoms with E-state index < -0.39 is 0 Å². The number of nitrogens with zero attached hydrogens (tertiary/aromatic N) is 2. The third-order valence-corrected chi connectivity index (χ3v) is 5.29. The number of rotatable bonds is 3. The van der Waals surface area contributed by atoms with Crippen molar-refractivity contribution in [1.82, 2.24) is 4.98 Å². The topological polar surface area (TPSA) is 42.1 Å². The minimum atomic E-state index is 0.706. The van der Waals surface area contributed by atoms with Crippen LogP contribution in [-0.4, -0.2) is 12.0 Å². The van der Waals surface area contributed by atoms with Crippen LogP contribution in [0, 0.1) is 6.92 Å². The second kappa shape index (κ2) is 5.59. The second-order valence-corrected chi connectivity index (χ2v) is 6.77. The number of hydrogen-bond donors (Lipinski definition) is 1. The molecule has 0 spiro atoms. The van der Waals surface area contributed by atoms with E-state index in [4.69, 9.17) is 5.73 Å². The van der Waals surface area contributed by atoms with Gasteiger partial charge in [0.15, 0.2) is 0 Å². The van der Waals surface area contributed by atoms with E-state index in [1.807, 2.05) is 14.0 Å². The van der Waals surface area contributed by atoms with E-state index in [-0.39, 0.29) is 0 Å². The lowest BCUT2D eigenvalue weighted by molar-refractivity contribution is 0.906. The molecular formula is C12H13Br2N3S. The van der Waals surface area contributed by atoms with Gasteiger partial charge in [-0.25, -0.2) is 4.98 Å². The van der Waals surface area contributed by atoms with Gasteiger partial charge in [-0.3, -0.25) is 0 Å². The molecule has 2 rings (SSSR count). The average molecular weight is 391 g/mol. The summed E-state index contributed by atoms with van der Waals surface area (Å²) in [6.45, 7) is 2.81. The van der Waals surface area contributed by atoms with Gasteiger partial charge in [-0.2, -0.15) is 0 Å². The fourth-order valence-corrected chi connectivity index (χ4v) is 3.73. The van der Waals surface area contributed by atoms with Gasteiger partial charge in [0.05, 0.1) is 22.9 Å². The van der Waals surface area contributed by atoms with Crippen molar-refractivity contribution in [2.24, 2.45) is 0 Å². The summed E-state index contributed by atoms with van der Waals surface area (Å²) in [5, 5.41) is 2.08. The normalized spacial score (nSPS) is 10.7. The van der Waals surface area contributed by atoms with Crippen LogP contribution in [0.4, 0.5) is 11.5 Å². The highest BCUT2D eigenvalue weighted by Gasteiger charge is 2.12. The van der Waals surface area contributed by atoms with Crippen molar-refractivity contribution < 1.29 is 0 Å². The van der Waals surface area contributed by atoms with Crippen LogP contribution < -0.4 is 10.6 Å². The Bertz CT molecular complexity index is 568. The molecule has 2 heterocycles. The standard InChI is InChI=1S/C12H13Br2N3S/c1-7-10(15)4-16-12(11(7)14)17(2)5-9-3-8(13)6-18-9/h3-4,6H,5,15H2,1-2H3. The van der Waals surface area contributed by atoms with Gasteiger partial charge in [-0.15, -0.1) is 11.3 Å². The van der Waals surface area contributed by atoms with Crippen molar-refractivity contribution in [1.29, 1.82) is 0 Å². The minimum absolute atomic E-state index is 0.706. The molecule has 0 aromatic carbocycles. The van der Waals surface area contributed by atoms with Gasteiger partial charge in [0.1, 0.15) is 5.82 Å². The highest BCUT2D eigenvalue weighted by atomic mass is 79.9. The summed E-state index contributed by atoms with van der Waals surface area (Å²) in [7, 11) is 2.02.